The van der Waals surface area contributed by atoms with E-state index in [1.54, 1.807) is 72.8 Å². The first-order valence-electron chi connectivity index (χ1n) is 7.52. The number of nitrogens with one attached hydrogen (secondary N) is 2. The molecule has 0 saturated carbocycles. The summed E-state index contributed by atoms with van der Waals surface area (Å²) in [4.78, 5) is 2.00. The average Bonchev–Trinajstić information content (AvgIpc) is 2.64. The molecule has 0 bridgehead atoms. The van der Waals surface area contributed by atoms with Crippen LogP contribution in [0.15, 0.2) is 91.0 Å². The van der Waals surface area contributed by atoms with E-state index in [4.69, 9.17) is 24.6 Å². The summed E-state index contributed by atoms with van der Waals surface area (Å²) >= 11 is 0. The first kappa shape index (κ1) is 18.9. The summed E-state index contributed by atoms with van der Waals surface area (Å²) in [6.07, 6.45) is 0. The van der Waals surface area contributed by atoms with E-state index in [0.717, 1.165) is 0 Å². The second-order valence-electron chi connectivity index (χ2n) is 4.77. The molecule has 132 valence electrons. The Morgan fingerprint density at radius 2 is 0.808 bits per heavy atom. The predicted octanol–water partition coefficient (Wildman–Crippen LogP) is 5.45. The molecule has 3 rings (SSSR count). The molecule has 3 aromatic rings. The zero-order valence-corrected chi connectivity index (χ0v) is 14.6. The normalized spacial score (nSPS) is 9.85. The van der Waals surface area contributed by atoms with E-state index in [9.17, 15) is 4.57 Å². The Bertz CT molecular complexity index is 763. The molecule has 0 amide bonds. The van der Waals surface area contributed by atoms with Crippen molar-refractivity contribution in [3.8, 4) is 17.2 Å². The van der Waals surface area contributed by atoms with Crippen molar-refractivity contribution in [2.75, 3.05) is 0 Å². The Morgan fingerprint density at radius 1 is 0.577 bits per heavy atom. The average molecular weight is 370 g/mol. The Balaban J connectivity index is 0.000000758. The van der Waals surface area contributed by atoms with E-state index in [2.05, 4.69) is 0 Å². The van der Waals surface area contributed by atoms with Crippen molar-refractivity contribution < 1.29 is 18.1 Å². The van der Waals surface area contributed by atoms with Crippen LogP contribution in [0.2, 0.25) is 0 Å². The van der Waals surface area contributed by atoms with Gasteiger partial charge in [-0.3, -0.25) is 0 Å². The number of phosphoric ester groups is 1. The van der Waals surface area contributed by atoms with Gasteiger partial charge in [-0.15, -0.1) is 0 Å². The van der Waals surface area contributed by atoms with Gasteiger partial charge < -0.3 is 13.6 Å². The fraction of sp³-hybridized carbons (Fsp3) is 0. The molecular formula is C18H17N3O4P+. The molecule has 0 aliphatic rings. The lowest BCUT2D eigenvalue weighted by molar-refractivity contribution is 0.298. The molecule has 2 N–H and O–H groups in total. The van der Waals surface area contributed by atoms with Crippen LogP contribution in [0, 0.1) is 11.1 Å². The van der Waals surface area contributed by atoms with E-state index in [1.807, 2.05) is 23.1 Å². The highest BCUT2D eigenvalue weighted by Crippen LogP contribution is 2.49. The number of hydrogen-bond donors (Lipinski definition) is 2. The Labute approximate surface area is 150 Å². The maximum Gasteiger partial charge on any atom is 0.647 e. The van der Waals surface area contributed by atoms with Crippen molar-refractivity contribution in [3.63, 3.8) is 0 Å². The summed E-state index contributed by atoms with van der Waals surface area (Å²) in [6, 6.07) is 26.4. The van der Waals surface area contributed by atoms with Crippen LogP contribution in [-0.2, 0) is 4.57 Å². The molecule has 0 saturated heterocycles. The van der Waals surface area contributed by atoms with Gasteiger partial charge in [0.05, 0.1) is 0 Å². The third kappa shape index (κ3) is 6.24. The van der Waals surface area contributed by atoms with Gasteiger partial charge in [0.25, 0.3) is 0 Å². The van der Waals surface area contributed by atoms with Crippen LogP contribution in [0.1, 0.15) is 0 Å². The number of rotatable bonds is 6. The van der Waals surface area contributed by atoms with Crippen molar-refractivity contribution in [2.45, 2.75) is 0 Å². The molecule has 0 radical (unpaired) electrons. The first-order valence-corrected chi connectivity index (χ1v) is 8.98. The number of nitrogens with zero attached hydrogens (tertiary/aromatic N) is 1. The van der Waals surface area contributed by atoms with Crippen LogP contribution >= 0.6 is 7.82 Å². The fourth-order valence-corrected chi connectivity index (χ4v) is 3.14. The Kier molecular flexibility index (Phi) is 7.13. The van der Waals surface area contributed by atoms with Crippen molar-refractivity contribution >= 4 is 7.82 Å². The molecule has 0 atom stereocenters. The largest absolute Gasteiger partial charge is 0.647 e. The van der Waals surface area contributed by atoms with E-state index in [0.29, 0.717) is 17.2 Å². The minimum absolute atomic E-state index is 0.405. The lowest BCUT2D eigenvalue weighted by atomic mass is 10.3. The van der Waals surface area contributed by atoms with Crippen LogP contribution in [0.25, 0.3) is 0 Å². The van der Waals surface area contributed by atoms with Gasteiger partial charge in [-0.2, -0.15) is 4.57 Å². The van der Waals surface area contributed by atoms with E-state index >= 15 is 0 Å². The molecule has 7 nitrogen and oxygen atoms in total. The van der Waals surface area contributed by atoms with Crippen molar-refractivity contribution in [1.82, 2.24) is 4.91 Å². The molecule has 8 heteroatoms. The highest BCUT2D eigenvalue weighted by atomic mass is 31.2. The third-order valence-electron chi connectivity index (χ3n) is 2.88. The number of para-hydroxylation sites is 3. The molecule has 0 unspecified atom stereocenters. The Hall–Kier alpha value is -3.40. The van der Waals surface area contributed by atoms with Crippen LogP contribution in [0.4, 0.5) is 0 Å². The van der Waals surface area contributed by atoms with Gasteiger partial charge in [0.15, 0.2) is 0 Å². The monoisotopic (exact) mass is 370 g/mol. The van der Waals surface area contributed by atoms with Gasteiger partial charge in [0.1, 0.15) is 28.3 Å². The lowest BCUT2D eigenvalue weighted by Gasteiger charge is -2.19. The van der Waals surface area contributed by atoms with Crippen molar-refractivity contribution in [2.24, 2.45) is 0 Å². The minimum atomic E-state index is -3.89. The van der Waals surface area contributed by atoms with Gasteiger partial charge in [-0.25, -0.2) is 0 Å². The predicted molar refractivity (Wildman–Crippen MR) is 96.4 cm³/mol. The van der Waals surface area contributed by atoms with E-state index in [1.165, 1.54) is 0 Å². The first-order chi connectivity index (χ1) is 12.6. The van der Waals surface area contributed by atoms with Gasteiger partial charge in [0, 0.05) is 0 Å². The molecule has 0 heterocycles. The van der Waals surface area contributed by atoms with Crippen LogP contribution in [0.3, 0.4) is 0 Å². The quantitative estimate of drug-likeness (QED) is 0.342. The maximum atomic E-state index is 13.1. The summed E-state index contributed by atoms with van der Waals surface area (Å²) in [5, 5.41) is 0. The summed E-state index contributed by atoms with van der Waals surface area (Å²) in [5.41, 5.74) is 11.0. The van der Waals surface area contributed by atoms with Crippen molar-refractivity contribution in [1.29, 1.82) is 11.1 Å². The van der Waals surface area contributed by atoms with Crippen LogP contribution in [-0.4, -0.2) is 0 Å². The van der Waals surface area contributed by atoms with Gasteiger partial charge in [-0.1, -0.05) is 54.6 Å². The summed E-state index contributed by atoms with van der Waals surface area (Å²) in [6.45, 7) is 0. The number of phosphoric acid groups is 1. The standard InChI is InChI=1S/C18H15O4P.H2N3/c19-23(20-16-10-4-1-5-11-16,21-17-12-6-2-7-13-17)22-18-14-8-3-9-15-18;1-3-2/h1-15H;1-2H/q;+1. The second kappa shape index (κ2) is 9.79. The molecule has 3 aromatic carbocycles. The molecule has 0 spiro atoms. The Morgan fingerprint density at radius 3 is 1.04 bits per heavy atom. The minimum Gasteiger partial charge on any atom is -0.386 e. The van der Waals surface area contributed by atoms with Crippen molar-refractivity contribution in [3.05, 3.63) is 91.0 Å². The highest BCUT2D eigenvalue weighted by Gasteiger charge is 2.33. The molecule has 0 aromatic heterocycles. The molecule has 0 fully saturated rings. The number of hydrogen-bond acceptors (Lipinski definition) is 6. The van der Waals surface area contributed by atoms with Gasteiger partial charge in [-0.05, 0) is 36.4 Å². The third-order valence-corrected chi connectivity index (χ3v) is 4.18. The molecular weight excluding hydrogens is 353 g/mol. The summed E-state index contributed by atoms with van der Waals surface area (Å²) < 4.78 is 29.6. The highest BCUT2D eigenvalue weighted by molar-refractivity contribution is 7.49. The topological polar surface area (TPSA) is 107 Å². The zero-order valence-electron chi connectivity index (χ0n) is 13.7. The zero-order chi connectivity index (χ0) is 18.7. The maximum absolute atomic E-state index is 13.1. The fourth-order valence-electron chi connectivity index (χ4n) is 1.89. The van der Waals surface area contributed by atoms with Gasteiger partial charge >= 0.3 is 7.82 Å². The van der Waals surface area contributed by atoms with Crippen LogP contribution < -0.4 is 18.5 Å². The molecule has 0 aliphatic heterocycles. The van der Waals surface area contributed by atoms with Gasteiger partial charge in [0.2, 0.25) is 4.91 Å². The second-order valence-corrected chi connectivity index (χ2v) is 6.21. The smallest absolute Gasteiger partial charge is 0.386 e. The van der Waals surface area contributed by atoms with Crippen LogP contribution in [0.5, 0.6) is 17.2 Å². The SMILES string of the molecule is N=[N+]=N.O=P(Oc1ccccc1)(Oc1ccccc1)Oc1ccccc1. The molecule has 0 aliphatic carbocycles. The molecule has 26 heavy (non-hydrogen) atoms. The number of benzene rings is 3. The summed E-state index contributed by atoms with van der Waals surface area (Å²) in [7, 11) is -3.89. The van der Waals surface area contributed by atoms with E-state index in [-0.39, 0.29) is 0 Å². The lowest BCUT2D eigenvalue weighted by Crippen LogP contribution is -2.07. The summed E-state index contributed by atoms with van der Waals surface area (Å²) in [5.74, 6) is 1.22. The van der Waals surface area contributed by atoms with E-state index < -0.39 is 7.82 Å².